The molecule has 0 aliphatic heterocycles. The highest BCUT2D eigenvalue weighted by Gasteiger charge is 2.16. The Morgan fingerprint density at radius 2 is 2.21 bits per heavy atom. The van der Waals surface area contributed by atoms with E-state index in [4.69, 9.17) is 5.11 Å². The molecule has 5 heteroatoms. The summed E-state index contributed by atoms with van der Waals surface area (Å²) in [6.07, 6.45) is 0.863. The molecule has 1 aromatic rings. The molecule has 0 aromatic carbocycles. The van der Waals surface area contributed by atoms with E-state index in [2.05, 4.69) is 14.7 Å². The number of rotatable bonds is 5. The van der Waals surface area contributed by atoms with Crippen LogP contribution in [0.25, 0.3) is 0 Å². The number of aryl methyl sites for hydroxylation is 1. The van der Waals surface area contributed by atoms with Crippen LogP contribution in [-0.4, -0.2) is 27.6 Å². The summed E-state index contributed by atoms with van der Waals surface area (Å²) in [4.78, 5) is 4.28. The van der Waals surface area contributed by atoms with Crippen molar-refractivity contribution in [2.75, 3.05) is 18.5 Å². The molecule has 4 nitrogen and oxygen atoms in total. The average molecular weight is 215 g/mol. The summed E-state index contributed by atoms with van der Waals surface area (Å²) in [6, 6.07) is 0. The van der Waals surface area contributed by atoms with Gasteiger partial charge in [-0.15, -0.1) is 0 Å². The Labute approximate surface area is 88.6 Å². The molecular weight excluding hydrogens is 198 g/mol. The monoisotopic (exact) mass is 215 g/mol. The van der Waals surface area contributed by atoms with Crippen molar-refractivity contribution in [3.63, 3.8) is 0 Å². The molecule has 80 valence electrons. The zero-order valence-electron chi connectivity index (χ0n) is 8.87. The third kappa shape index (κ3) is 3.23. The first-order valence-corrected chi connectivity index (χ1v) is 5.52. The minimum Gasteiger partial charge on any atom is -0.396 e. The normalized spacial score (nSPS) is 11.7. The number of aliphatic hydroxyl groups is 1. The van der Waals surface area contributed by atoms with Crippen LogP contribution in [0.1, 0.15) is 26.6 Å². The van der Waals surface area contributed by atoms with Crippen molar-refractivity contribution < 1.29 is 5.11 Å². The number of aromatic nitrogens is 2. The van der Waals surface area contributed by atoms with E-state index in [1.165, 1.54) is 11.5 Å². The van der Waals surface area contributed by atoms with Crippen LogP contribution in [0.5, 0.6) is 0 Å². The van der Waals surface area contributed by atoms with Crippen LogP contribution in [0.15, 0.2) is 0 Å². The first-order valence-electron chi connectivity index (χ1n) is 4.75. The van der Waals surface area contributed by atoms with Crippen molar-refractivity contribution in [2.24, 2.45) is 5.41 Å². The second-order valence-corrected chi connectivity index (χ2v) is 4.80. The summed E-state index contributed by atoms with van der Waals surface area (Å²) >= 11 is 1.37. The van der Waals surface area contributed by atoms with Crippen LogP contribution in [0, 0.1) is 5.41 Å². The molecule has 0 saturated heterocycles. The Hall–Kier alpha value is -0.680. The van der Waals surface area contributed by atoms with E-state index in [0.29, 0.717) is 6.54 Å². The van der Waals surface area contributed by atoms with Crippen molar-refractivity contribution in [3.05, 3.63) is 5.82 Å². The van der Waals surface area contributed by atoms with E-state index in [9.17, 15) is 0 Å². The first-order chi connectivity index (χ1) is 6.57. The second-order valence-electron chi connectivity index (χ2n) is 4.05. The Kier molecular flexibility index (Phi) is 3.83. The van der Waals surface area contributed by atoms with Gasteiger partial charge in [-0.05, 0) is 0 Å². The van der Waals surface area contributed by atoms with Gasteiger partial charge in [0.05, 0.1) is 0 Å². The fourth-order valence-corrected chi connectivity index (χ4v) is 1.48. The highest BCUT2D eigenvalue weighted by Crippen LogP contribution is 2.17. The highest BCUT2D eigenvalue weighted by atomic mass is 32.1. The minimum absolute atomic E-state index is 0.113. The molecule has 2 N–H and O–H groups in total. The standard InChI is InChI=1S/C9H17N3OS/c1-4-7-11-8(14-12-7)10-5-9(2,3)6-13/h13H,4-6H2,1-3H3,(H,10,11,12). The smallest absolute Gasteiger partial charge is 0.202 e. The predicted octanol–water partition coefficient (Wildman–Crippen LogP) is 1.53. The molecule has 1 heterocycles. The van der Waals surface area contributed by atoms with Gasteiger partial charge in [-0.3, -0.25) is 0 Å². The van der Waals surface area contributed by atoms with Gasteiger partial charge in [-0.1, -0.05) is 20.8 Å². The van der Waals surface area contributed by atoms with Crippen molar-refractivity contribution in [1.82, 2.24) is 9.36 Å². The summed E-state index contributed by atoms with van der Waals surface area (Å²) in [5.41, 5.74) is -0.113. The van der Waals surface area contributed by atoms with Gasteiger partial charge in [0.25, 0.3) is 0 Å². The fourth-order valence-electron chi connectivity index (χ4n) is 0.840. The summed E-state index contributed by atoms with van der Waals surface area (Å²) in [5, 5.41) is 13.1. The van der Waals surface area contributed by atoms with E-state index >= 15 is 0 Å². The predicted molar refractivity (Wildman–Crippen MR) is 58.6 cm³/mol. The van der Waals surface area contributed by atoms with Crippen molar-refractivity contribution >= 4 is 16.7 Å². The van der Waals surface area contributed by atoms with E-state index in [-0.39, 0.29) is 12.0 Å². The molecule has 14 heavy (non-hydrogen) atoms. The zero-order valence-corrected chi connectivity index (χ0v) is 9.69. The summed E-state index contributed by atoms with van der Waals surface area (Å²) in [7, 11) is 0. The van der Waals surface area contributed by atoms with Crippen LogP contribution in [0.3, 0.4) is 0 Å². The maximum atomic E-state index is 9.05. The van der Waals surface area contributed by atoms with Crippen LogP contribution in [-0.2, 0) is 6.42 Å². The molecule has 0 radical (unpaired) electrons. The molecule has 0 spiro atoms. The van der Waals surface area contributed by atoms with E-state index in [1.807, 2.05) is 20.8 Å². The van der Waals surface area contributed by atoms with Crippen LogP contribution in [0.2, 0.25) is 0 Å². The maximum Gasteiger partial charge on any atom is 0.202 e. The molecule has 0 unspecified atom stereocenters. The molecule has 1 aromatic heterocycles. The Morgan fingerprint density at radius 3 is 2.71 bits per heavy atom. The Morgan fingerprint density at radius 1 is 1.50 bits per heavy atom. The van der Waals surface area contributed by atoms with Gasteiger partial charge >= 0.3 is 0 Å². The Balaban J connectivity index is 2.45. The third-order valence-corrected chi connectivity index (χ3v) is 2.64. The lowest BCUT2D eigenvalue weighted by Crippen LogP contribution is -2.26. The highest BCUT2D eigenvalue weighted by molar-refractivity contribution is 7.09. The molecule has 0 fully saturated rings. The number of hydrogen-bond donors (Lipinski definition) is 2. The molecule has 0 bridgehead atoms. The van der Waals surface area contributed by atoms with Crippen molar-refractivity contribution in [1.29, 1.82) is 0 Å². The van der Waals surface area contributed by atoms with Gasteiger partial charge in [0.2, 0.25) is 5.13 Å². The van der Waals surface area contributed by atoms with Gasteiger partial charge in [0, 0.05) is 36.5 Å². The lowest BCUT2D eigenvalue weighted by Gasteiger charge is -2.21. The quantitative estimate of drug-likeness (QED) is 0.782. The van der Waals surface area contributed by atoms with Gasteiger partial charge in [-0.25, -0.2) is 4.98 Å². The van der Waals surface area contributed by atoms with Gasteiger partial charge in [0.1, 0.15) is 5.82 Å². The molecular formula is C9H17N3OS. The number of nitrogens with one attached hydrogen (secondary N) is 1. The Bertz CT molecular complexity index is 285. The SMILES string of the molecule is CCc1nsc(NCC(C)(C)CO)n1. The third-order valence-electron chi connectivity index (χ3n) is 1.93. The summed E-state index contributed by atoms with van der Waals surface area (Å²) in [6.45, 7) is 6.91. The van der Waals surface area contributed by atoms with E-state index < -0.39 is 0 Å². The number of anilines is 1. The van der Waals surface area contributed by atoms with Crippen LogP contribution < -0.4 is 5.32 Å². The van der Waals surface area contributed by atoms with Gasteiger partial charge in [0.15, 0.2) is 0 Å². The average Bonchev–Trinajstić information content (AvgIpc) is 2.63. The minimum atomic E-state index is -0.113. The molecule has 1 rings (SSSR count). The second kappa shape index (κ2) is 4.70. The van der Waals surface area contributed by atoms with E-state index in [1.54, 1.807) is 0 Å². The first kappa shape index (κ1) is 11.4. The maximum absolute atomic E-state index is 9.05. The number of nitrogens with zero attached hydrogens (tertiary/aromatic N) is 2. The lowest BCUT2D eigenvalue weighted by atomic mass is 9.95. The molecule has 0 atom stereocenters. The largest absolute Gasteiger partial charge is 0.396 e. The molecule has 0 saturated carbocycles. The summed E-state index contributed by atoms with van der Waals surface area (Å²) in [5.74, 6) is 0.874. The van der Waals surface area contributed by atoms with Crippen molar-refractivity contribution in [2.45, 2.75) is 27.2 Å². The number of aliphatic hydroxyl groups excluding tert-OH is 1. The van der Waals surface area contributed by atoms with Crippen molar-refractivity contribution in [3.8, 4) is 0 Å². The topological polar surface area (TPSA) is 58.0 Å². The van der Waals surface area contributed by atoms with Crippen LogP contribution >= 0.6 is 11.5 Å². The molecule has 0 aliphatic carbocycles. The van der Waals surface area contributed by atoms with Crippen LogP contribution in [0.4, 0.5) is 5.13 Å². The molecule has 0 amide bonds. The zero-order chi connectivity index (χ0) is 10.6. The summed E-state index contributed by atoms with van der Waals surface area (Å²) < 4.78 is 4.17. The lowest BCUT2D eigenvalue weighted by molar-refractivity contribution is 0.171. The molecule has 0 aliphatic rings. The fraction of sp³-hybridized carbons (Fsp3) is 0.778. The van der Waals surface area contributed by atoms with Gasteiger partial charge in [-0.2, -0.15) is 4.37 Å². The van der Waals surface area contributed by atoms with E-state index in [0.717, 1.165) is 17.4 Å². The van der Waals surface area contributed by atoms with Gasteiger partial charge < -0.3 is 10.4 Å². The number of hydrogen-bond acceptors (Lipinski definition) is 5.